The van der Waals surface area contributed by atoms with Gasteiger partial charge in [-0.2, -0.15) is 10.4 Å². The van der Waals surface area contributed by atoms with E-state index in [0.29, 0.717) is 11.3 Å². The topological polar surface area (TPSA) is 96.7 Å². The van der Waals surface area contributed by atoms with Gasteiger partial charge in [-0.05, 0) is 18.2 Å². The van der Waals surface area contributed by atoms with Crippen LogP contribution in [0.5, 0.6) is 0 Å². The molecule has 0 saturated heterocycles. The van der Waals surface area contributed by atoms with Crippen molar-refractivity contribution in [2.24, 2.45) is 12.8 Å². The van der Waals surface area contributed by atoms with Gasteiger partial charge in [0.25, 0.3) is 0 Å². The molecule has 1 aromatic heterocycles. The quantitative estimate of drug-likeness (QED) is 0.874. The van der Waals surface area contributed by atoms with Gasteiger partial charge in [0.2, 0.25) is 5.91 Å². The molecule has 2 aromatic rings. The number of hydrogen-bond acceptors (Lipinski definition) is 4. The summed E-state index contributed by atoms with van der Waals surface area (Å²) in [7, 11) is 1.72. The van der Waals surface area contributed by atoms with Gasteiger partial charge < -0.3 is 11.1 Å². The molecule has 1 atom stereocenters. The number of nitrogens with zero attached hydrogens (tertiary/aromatic N) is 3. The minimum atomic E-state index is -0.890. The molecule has 2 rings (SSSR count). The van der Waals surface area contributed by atoms with Crippen LogP contribution in [0, 0.1) is 17.1 Å². The largest absolute Gasteiger partial charge is 0.324 e. The average Bonchev–Trinajstić information content (AvgIpc) is 2.86. The van der Waals surface area contributed by atoms with E-state index in [2.05, 4.69) is 10.4 Å². The second-order valence-electron chi connectivity index (χ2n) is 4.22. The van der Waals surface area contributed by atoms with E-state index >= 15 is 0 Å². The van der Waals surface area contributed by atoms with Crippen LogP contribution in [0.3, 0.4) is 0 Å². The lowest BCUT2D eigenvalue weighted by Gasteiger charge is -2.10. The van der Waals surface area contributed by atoms with Gasteiger partial charge in [0.15, 0.2) is 0 Å². The monoisotopic (exact) mass is 273 g/mol. The number of carbonyl (C=O) groups is 1. The zero-order valence-electron chi connectivity index (χ0n) is 10.7. The summed E-state index contributed by atoms with van der Waals surface area (Å²) in [4.78, 5) is 12.0. The van der Waals surface area contributed by atoms with Gasteiger partial charge in [-0.3, -0.25) is 9.48 Å². The minimum Gasteiger partial charge on any atom is -0.324 e. The second kappa shape index (κ2) is 5.50. The number of nitrogens with two attached hydrogens (primary N) is 1. The highest BCUT2D eigenvalue weighted by atomic mass is 19.1. The number of aryl methyl sites for hydroxylation is 1. The fourth-order valence-corrected chi connectivity index (χ4v) is 1.66. The summed E-state index contributed by atoms with van der Waals surface area (Å²) in [5, 5.41) is 15.2. The fourth-order valence-electron chi connectivity index (χ4n) is 1.66. The maximum absolute atomic E-state index is 13.2. The Morgan fingerprint density at radius 3 is 2.95 bits per heavy atom. The number of hydrogen-bond donors (Lipinski definition) is 2. The number of halogens is 1. The van der Waals surface area contributed by atoms with Crippen LogP contribution >= 0.6 is 0 Å². The molecule has 0 spiro atoms. The van der Waals surface area contributed by atoms with Gasteiger partial charge in [-0.1, -0.05) is 0 Å². The predicted molar refractivity (Wildman–Crippen MR) is 69.9 cm³/mol. The summed E-state index contributed by atoms with van der Waals surface area (Å²) in [6.45, 7) is 0. The molecular weight excluding hydrogens is 261 g/mol. The Kier molecular flexibility index (Phi) is 3.77. The number of nitriles is 1. The summed E-state index contributed by atoms with van der Waals surface area (Å²) < 4.78 is 14.7. The number of rotatable bonds is 3. The first-order valence-corrected chi connectivity index (χ1v) is 5.76. The first-order chi connectivity index (χ1) is 9.51. The minimum absolute atomic E-state index is 0.141. The molecule has 6 nitrogen and oxygen atoms in total. The van der Waals surface area contributed by atoms with Gasteiger partial charge >= 0.3 is 0 Å². The van der Waals surface area contributed by atoms with Gasteiger partial charge in [-0.25, -0.2) is 4.39 Å². The highest BCUT2D eigenvalue weighted by Crippen LogP contribution is 2.16. The van der Waals surface area contributed by atoms with Crippen LogP contribution in [0.15, 0.2) is 30.6 Å². The normalized spacial score (nSPS) is 11.7. The van der Waals surface area contributed by atoms with Gasteiger partial charge in [0, 0.05) is 24.5 Å². The molecule has 0 bridgehead atoms. The first kappa shape index (κ1) is 13.7. The molecule has 0 aliphatic rings. The third-order valence-electron chi connectivity index (χ3n) is 2.72. The Hall–Kier alpha value is -2.72. The molecule has 7 heteroatoms. The molecule has 102 valence electrons. The summed E-state index contributed by atoms with van der Waals surface area (Å²) in [5.74, 6) is -1.10. The summed E-state index contributed by atoms with van der Waals surface area (Å²) in [6, 6.07) is 4.55. The van der Waals surface area contributed by atoms with Crippen LogP contribution < -0.4 is 11.1 Å². The molecule has 0 aliphatic carbocycles. The Balaban J connectivity index is 2.14. The Morgan fingerprint density at radius 2 is 2.35 bits per heavy atom. The Labute approximate surface area is 114 Å². The van der Waals surface area contributed by atoms with Gasteiger partial charge in [-0.15, -0.1) is 0 Å². The van der Waals surface area contributed by atoms with E-state index < -0.39 is 17.8 Å². The Morgan fingerprint density at radius 1 is 1.60 bits per heavy atom. The van der Waals surface area contributed by atoms with Crippen LogP contribution in [0.2, 0.25) is 0 Å². The predicted octanol–water partition coefficient (Wildman–Crippen LogP) is 1.07. The maximum atomic E-state index is 13.2. The molecule has 20 heavy (non-hydrogen) atoms. The lowest BCUT2D eigenvalue weighted by atomic mass is 10.1. The average molecular weight is 273 g/mol. The van der Waals surface area contributed by atoms with Crippen molar-refractivity contribution in [3.63, 3.8) is 0 Å². The lowest BCUT2D eigenvalue weighted by molar-refractivity contribution is -0.117. The molecule has 0 fully saturated rings. The van der Waals surface area contributed by atoms with Crippen molar-refractivity contribution >= 4 is 11.6 Å². The number of aromatic nitrogens is 2. The van der Waals surface area contributed by atoms with E-state index in [1.807, 2.05) is 0 Å². The van der Waals surface area contributed by atoms with E-state index in [9.17, 15) is 9.18 Å². The van der Waals surface area contributed by atoms with E-state index in [0.717, 1.165) is 6.07 Å². The molecule has 0 aliphatic heterocycles. The molecule has 1 amide bonds. The lowest BCUT2D eigenvalue weighted by Crippen LogP contribution is -2.27. The first-order valence-electron chi connectivity index (χ1n) is 5.76. The number of carbonyl (C=O) groups excluding carboxylic acids is 1. The van der Waals surface area contributed by atoms with Crippen LogP contribution in [-0.4, -0.2) is 15.7 Å². The van der Waals surface area contributed by atoms with Crippen molar-refractivity contribution in [3.05, 3.63) is 47.5 Å². The van der Waals surface area contributed by atoms with E-state index in [1.54, 1.807) is 19.3 Å². The van der Waals surface area contributed by atoms with Crippen LogP contribution in [-0.2, 0) is 11.8 Å². The van der Waals surface area contributed by atoms with Crippen LogP contribution in [0.25, 0.3) is 0 Å². The SMILES string of the molecule is Cn1cc(C(N)C(=O)Nc2ccc(F)c(C#N)c2)cn1. The number of amides is 1. The number of anilines is 1. The number of nitrogens with one attached hydrogen (secondary N) is 1. The maximum Gasteiger partial charge on any atom is 0.246 e. The van der Waals surface area contributed by atoms with E-state index in [4.69, 9.17) is 11.0 Å². The van der Waals surface area contributed by atoms with Crippen molar-refractivity contribution < 1.29 is 9.18 Å². The summed E-state index contributed by atoms with van der Waals surface area (Å²) in [6.07, 6.45) is 3.13. The van der Waals surface area contributed by atoms with Gasteiger partial charge in [0.1, 0.15) is 17.9 Å². The fraction of sp³-hybridized carbons (Fsp3) is 0.154. The second-order valence-corrected chi connectivity index (χ2v) is 4.22. The standard InChI is InChI=1S/C13H12FN5O/c1-19-7-9(6-17-19)12(16)13(20)18-10-2-3-11(14)8(4-10)5-15/h2-4,6-7,12H,16H2,1H3,(H,18,20). The number of benzene rings is 1. The van der Waals surface area contributed by atoms with E-state index in [-0.39, 0.29) is 5.56 Å². The third-order valence-corrected chi connectivity index (χ3v) is 2.72. The molecule has 0 saturated carbocycles. The van der Waals surface area contributed by atoms with Gasteiger partial charge in [0.05, 0.1) is 11.8 Å². The third kappa shape index (κ3) is 2.81. The van der Waals surface area contributed by atoms with Crippen molar-refractivity contribution in [2.45, 2.75) is 6.04 Å². The molecule has 0 radical (unpaired) electrons. The molecule has 1 aromatic carbocycles. The van der Waals surface area contributed by atoms with Crippen molar-refractivity contribution in [1.82, 2.24) is 9.78 Å². The van der Waals surface area contributed by atoms with Crippen molar-refractivity contribution in [1.29, 1.82) is 5.26 Å². The molecule has 1 heterocycles. The zero-order chi connectivity index (χ0) is 14.7. The molecule has 1 unspecified atom stereocenters. The highest BCUT2D eigenvalue weighted by molar-refractivity contribution is 5.95. The van der Waals surface area contributed by atoms with Crippen molar-refractivity contribution in [2.75, 3.05) is 5.32 Å². The van der Waals surface area contributed by atoms with Crippen LogP contribution in [0.1, 0.15) is 17.2 Å². The molecular formula is C13H12FN5O. The summed E-state index contributed by atoms with van der Waals surface area (Å²) in [5.41, 5.74) is 6.53. The smallest absolute Gasteiger partial charge is 0.246 e. The van der Waals surface area contributed by atoms with Crippen molar-refractivity contribution in [3.8, 4) is 6.07 Å². The Bertz CT molecular complexity index is 688. The zero-order valence-corrected chi connectivity index (χ0v) is 10.7. The van der Waals surface area contributed by atoms with Crippen LogP contribution in [0.4, 0.5) is 10.1 Å². The molecule has 3 N–H and O–H groups in total. The highest BCUT2D eigenvalue weighted by Gasteiger charge is 2.17. The van der Waals surface area contributed by atoms with E-state index in [1.165, 1.54) is 23.0 Å². The summed E-state index contributed by atoms with van der Waals surface area (Å²) >= 11 is 0.